The van der Waals surface area contributed by atoms with Gasteiger partial charge in [0.25, 0.3) is 0 Å². The first-order valence-corrected chi connectivity index (χ1v) is 11.1. The number of hydrogen-bond donors (Lipinski definition) is 3. The summed E-state index contributed by atoms with van der Waals surface area (Å²) in [6, 6.07) is 6.14. The zero-order valence-corrected chi connectivity index (χ0v) is 20.0. The van der Waals surface area contributed by atoms with Gasteiger partial charge in [0, 0.05) is 25.7 Å². The predicted octanol–water partition coefficient (Wildman–Crippen LogP) is 3.74. The van der Waals surface area contributed by atoms with Gasteiger partial charge in [0.05, 0.1) is 26.0 Å². The Morgan fingerprint density at radius 2 is 1.77 bits per heavy atom. The van der Waals surface area contributed by atoms with Crippen LogP contribution in [0.4, 0.5) is 0 Å². The molecule has 3 atom stereocenters. The van der Waals surface area contributed by atoms with E-state index in [9.17, 15) is 5.11 Å². The van der Waals surface area contributed by atoms with Crippen molar-refractivity contribution in [3.05, 3.63) is 23.8 Å². The molecule has 6 heteroatoms. The number of hydrogen-bond acceptors (Lipinski definition) is 6. The van der Waals surface area contributed by atoms with Crippen LogP contribution in [-0.2, 0) is 11.2 Å². The van der Waals surface area contributed by atoms with Crippen LogP contribution in [0.3, 0.4) is 0 Å². The lowest BCUT2D eigenvalue weighted by Crippen LogP contribution is -2.54. The van der Waals surface area contributed by atoms with E-state index in [0.717, 1.165) is 30.8 Å². The van der Waals surface area contributed by atoms with Crippen molar-refractivity contribution in [2.75, 3.05) is 27.4 Å². The monoisotopic (exact) mass is 424 g/mol. The van der Waals surface area contributed by atoms with Gasteiger partial charge < -0.3 is 25.1 Å². The fraction of sp³-hybridized carbons (Fsp3) is 0.750. The molecule has 0 saturated carbocycles. The highest BCUT2D eigenvalue weighted by atomic mass is 16.5. The second-order valence-electron chi connectivity index (χ2n) is 9.45. The number of methoxy groups -OCH3 is 2. The minimum atomic E-state index is -0.568. The van der Waals surface area contributed by atoms with Crippen LogP contribution in [0.2, 0.25) is 0 Å². The largest absolute Gasteiger partial charge is 0.493 e. The Kier molecular flexibility index (Phi) is 11.7. The average Bonchev–Trinajstić information content (AvgIpc) is 2.66. The van der Waals surface area contributed by atoms with Gasteiger partial charge in [-0.05, 0) is 69.6 Å². The lowest BCUT2D eigenvalue weighted by molar-refractivity contribution is 0.0966. The second-order valence-corrected chi connectivity index (χ2v) is 9.45. The van der Waals surface area contributed by atoms with Crippen LogP contribution in [0.1, 0.15) is 59.4 Å². The Hall–Kier alpha value is -1.34. The SMILES string of the molecule is COCCCOc1cc(C[C@H](CC[C@H](O)[C@@H](N)NC(C)(C)C)C(C)C)ccc1OC. The summed E-state index contributed by atoms with van der Waals surface area (Å²) in [7, 11) is 3.35. The highest BCUT2D eigenvalue weighted by Crippen LogP contribution is 2.31. The number of aliphatic hydroxyl groups is 1. The van der Waals surface area contributed by atoms with Crippen LogP contribution in [0.25, 0.3) is 0 Å². The van der Waals surface area contributed by atoms with Gasteiger partial charge >= 0.3 is 0 Å². The third-order valence-electron chi connectivity index (χ3n) is 5.27. The maximum absolute atomic E-state index is 10.5. The van der Waals surface area contributed by atoms with E-state index < -0.39 is 12.3 Å². The van der Waals surface area contributed by atoms with Crippen LogP contribution in [-0.4, -0.2) is 50.3 Å². The fourth-order valence-corrected chi connectivity index (χ4v) is 3.48. The van der Waals surface area contributed by atoms with Crippen LogP contribution in [0.5, 0.6) is 11.5 Å². The van der Waals surface area contributed by atoms with E-state index in [4.69, 9.17) is 19.9 Å². The zero-order valence-electron chi connectivity index (χ0n) is 20.0. The van der Waals surface area contributed by atoms with Crippen molar-refractivity contribution in [3.63, 3.8) is 0 Å². The van der Waals surface area contributed by atoms with Crippen molar-refractivity contribution < 1.29 is 19.3 Å². The molecule has 0 spiro atoms. The van der Waals surface area contributed by atoms with E-state index in [0.29, 0.717) is 31.5 Å². The van der Waals surface area contributed by atoms with Gasteiger partial charge in [0.1, 0.15) is 0 Å². The van der Waals surface area contributed by atoms with E-state index >= 15 is 0 Å². The molecule has 0 aliphatic carbocycles. The first-order valence-electron chi connectivity index (χ1n) is 11.1. The van der Waals surface area contributed by atoms with Crippen molar-refractivity contribution in [2.24, 2.45) is 17.6 Å². The molecule has 0 bridgehead atoms. The minimum absolute atomic E-state index is 0.124. The summed E-state index contributed by atoms with van der Waals surface area (Å²) in [5, 5.41) is 13.8. The normalized spacial score (nSPS) is 15.1. The smallest absolute Gasteiger partial charge is 0.161 e. The van der Waals surface area contributed by atoms with Crippen molar-refractivity contribution in [2.45, 2.75) is 78.1 Å². The summed E-state index contributed by atoms with van der Waals surface area (Å²) in [5.41, 5.74) is 7.22. The average molecular weight is 425 g/mol. The van der Waals surface area contributed by atoms with Crippen LogP contribution < -0.4 is 20.5 Å². The van der Waals surface area contributed by atoms with Gasteiger partial charge in [-0.15, -0.1) is 0 Å². The Morgan fingerprint density at radius 1 is 1.07 bits per heavy atom. The van der Waals surface area contributed by atoms with E-state index in [1.165, 1.54) is 5.56 Å². The highest BCUT2D eigenvalue weighted by molar-refractivity contribution is 5.43. The second kappa shape index (κ2) is 13.2. The van der Waals surface area contributed by atoms with Crippen LogP contribution >= 0.6 is 0 Å². The topological polar surface area (TPSA) is 86.0 Å². The van der Waals surface area contributed by atoms with Crippen molar-refractivity contribution >= 4 is 0 Å². The van der Waals surface area contributed by atoms with Gasteiger partial charge in [-0.1, -0.05) is 19.9 Å². The molecular weight excluding hydrogens is 380 g/mol. The van der Waals surface area contributed by atoms with Crippen molar-refractivity contribution in [1.29, 1.82) is 0 Å². The number of benzene rings is 1. The quantitative estimate of drug-likeness (QED) is 0.312. The molecule has 0 saturated heterocycles. The van der Waals surface area contributed by atoms with Gasteiger partial charge in [0.15, 0.2) is 11.5 Å². The highest BCUT2D eigenvalue weighted by Gasteiger charge is 2.23. The summed E-state index contributed by atoms with van der Waals surface area (Å²) in [6.45, 7) is 11.9. The molecule has 4 N–H and O–H groups in total. The van der Waals surface area contributed by atoms with Crippen LogP contribution in [0, 0.1) is 11.8 Å². The van der Waals surface area contributed by atoms with E-state index in [1.54, 1.807) is 14.2 Å². The summed E-state index contributed by atoms with van der Waals surface area (Å²) < 4.78 is 16.4. The Morgan fingerprint density at radius 3 is 2.33 bits per heavy atom. The van der Waals surface area contributed by atoms with Crippen LogP contribution in [0.15, 0.2) is 18.2 Å². The molecule has 6 nitrogen and oxygen atoms in total. The standard InChI is InChI=1S/C24H44N2O4/c1-17(2)19(10-11-20(27)23(25)26-24(3,4)5)15-18-9-12-21(29-7)22(16-18)30-14-8-13-28-6/h9,12,16-17,19-20,23,26-27H,8,10-11,13-15,25H2,1-7H3/t19-,20-,23-/m0/s1. The maximum Gasteiger partial charge on any atom is 0.161 e. The number of ether oxygens (including phenoxy) is 3. The molecule has 0 heterocycles. The number of rotatable bonds is 14. The van der Waals surface area contributed by atoms with Gasteiger partial charge in [-0.3, -0.25) is 5.32 Å². The predicted molar refractivity (Wildman–Crippen MR) is 123 cm³/mol. The molecule has 0 aliphatic rings. The molecule has 1 aromatic carbocycles. The third kappa shape index (κ3) is 10.1. The number of nitrogens with two attached hydrogens (primary N) is 1. The molecule has 0 unspecified atom stereocenters. The van der Waals surface area contributed by atoms with E-state index in [-0.39, 0.29) is 5.54 Å². The summed E-state index contributed by atoms with van der Waals surface area (Å²) >= 11 is 0. The number of aliphatic hydroxyl groups excluding tert-OH is 1. The summed E-state index contributed by atoms with van der Waals surface area (Å²) in [5.74, 6) is 2.45. The lowest BCUT2D eigenvalue weighted by atomic mass is 9.84. The molecule has 0 amide bonds. The van der Waals surface area contributed by atoms with E-state index in [1.807, 2.05) is 6.07 Å². The zero-order chi connectivity index (χ0) is 22.7. The molecule has 0 aromatic heterocycles. The van der Waals surface area contributed by atoms with Gasteiger partial charge in [-0.2, -0.15) is 0 Å². The van der Waals surface area contributed by atoms with Gasteiger partial charge in [0.2, 0.25) is 0 Å². The molecule has 0 fully saturated rings. The molecule has 1 rings (SSSR count). The van der Waals surface area contributed by atoms with Gasteiger partial charge in [-0.25, -0.2) is 0 Å². The summed E-state index contributed by atoms with van der Waals surface area (Å²) in [4.78, 5) is 0. The molecule has 0 radical (unpaired) electrons. The lowest BCUT2D eigenvalue weighted by Gasteiger charge is -2.30. The maximum atomic E-state index is 10.5. The third-order valence-corrected chi connectivity index (χ3v) is 5.27. The molecule has 30 heavy (non-hydrogen) atoms. The Bertz CT molecular complexity index is 601. The summed E-state index contributed by atoms with van der Waals surface area (Å²) in [6.07, 6.45) is 2.34. The molecular formula is C24H44N2O4. The van der Waals surface area contributed by atoms with E-state index in [2.05, 4.69) is 52.1 Å². The molecule has 1 aromatic rings. The van der Waals surface area contributed by atoms with Crippen molar-refractivity contribution in [3.8, 4) is 11.5 Å². The first kappa shape index (κ1) is 26.7. The molecule has 174 valence electrons. The minimum Gasteiger partial charge on any atom is -0.493 e. The molecule has 0 aliphatic heterocycles. The van der Waals surface area contributed by atoms with Crippen molar-refractivity contribution in [1.82, 2.24) is 5.32 Å². The number of nitrogens with one attached hydrogen (secondary N) is 1. The first-order chi connectivity index (χ1) is 14.1. The Labute approximate surface area is 183 Å². The fourth-order valence-electron chi connectivity index (χ4n) is 3.48. The Balaban J connectivity index is 2.73.